The molecule has 0 atom stereocenters. The van der Waals surface area contributed by atoms with Crippen molar-refractivity contribution in [1.29, 1.82) is 0 Å². The van der Waals surface area contributed by atoms with Gasteiger partial charge in [-0.3, -0.25) is 0 Å². The lowest BCUT2D eigenvalue weighted by Crippen LogP contribution is -2.35. The minimum absolute atomic E-state index is 0.869. The van der Waals surface area contributed by atoms with Gasteiger partial charge < -0.3 is 10.2 Å². The van der Waals surface area contributed by atoms with Crippen molar-refractivity contribution < 1.29 is 0 Å². The minimum Gasteiger partial charge on any atom is -0.311 e. The number of benzene rings is 1. The number of nitrogens with zero attached hydrogens (tertiary/aromatic N) is 1. The highest BCUT2D eigenvalue weighted by Gasteiger charge is 2.09. The Morgan fingerprint density at radius 1 is 1.22 bits per heavy atom. The van der Waals surface area contributed by atoms with Crippen LogP contribution in [0.3, 0.4) is 0 Å². The van der Waals surface area contributed by atoms with Crippen LogP contribution in [0, 0.1) is 6.92 Å². The molecule has 1 aliphatic rings. The standard InChI is InChI=1S/C15H23ClN2/c1-13-6-5-7-14(15(13)16)12-17-8-11-18-9-3-2-4-10-18/h5-7,17H,2-4,8-12H2,1H3. The summed E-state index contributed by atoms with van der Waals surface area (Å²) in [5.41, 5.74) is 2.36. The first-order valence-electron chi connectivity index (χ1n) is 6.94. The van der Waals surface area contributed by atoms with Crippen molar-refractivity contribution in [2.24, 2.45) is 0 Å². The lowest BCUT2D eigenvalue weighted by atomic mass is 10.1. The second-order valence-electron chi connectivity index (χ2n) is 5.13. The Balaban J connectivity index is 1.70. The van der Waals surface area contributed by atoms with Crippen LogP contribution in [0.25, 0.3) is 0 Å². The molecule has 2 rings (SSSR count). The van der Waals surface area contributed by atoms with Crippen LogP contribution < -0.4 is 5.32 Å². The molecule has 0 amide bonds. The van der Waals surface area contributed by atoms with E-state index in [-0.39, 0.29) is 0 Å². The summed E-state index contributed by atoms with van der Waals surface area (Å²) in [6.45, 7) is 7.67. The molecule has 1 N–H and O–H groups in total. The molecule has 0 spiro atoms. The molecule has 0 unspecified atom stereocenters. The Hall–Kier alpha value is -0.570. The fourth-order valence-corrected chi connectivity index (χ4v) is 2.68. The second-order valence-corrected chi connectivity index (χ2v) is 5.51. The van der Waals surface area contributed by atoms with E-state index in [4.69, 9.17) is 11.6 Å². The van der Waals surface area contributed by atoms with E-state index >= 15 is 0 Å². The lowest BCUT2D eigenvalue weighted by Gasteiger charge is -2.26. The molecule has 18 heavy (non-hydrogen) atoms. The number of piperidine rings is 1. The van der Waals surface area contributed by atoms with E-state index in [1.54, 1.807) is 0 Å². The first kappa shape index (κ1) is 13.9. The summed E-state index contributed by atoms with van der Waals surface area (Å²) < 4.78 is 0. The number of likely N-dealkylation sites (tertiary alicyclic amines) is 1. The number of hydrogen-bond donors (Lipinski definition) is 1. The molecule has 1 saturated heterocycles. The normalized spacial score (nSPS) is 17.0. The van der Waals surface area contributed by atoms with Crippen LogP contribution in [0.15, 0.2) is 18.2 Å². The summed E-state index contributed by atoms with van der Waals surface area (Å²) in [6, 6.07) is 6.23. The molecule has 2 nitrogen and oxygen atoms in total. The third-order valence-corrected chi connectivity index (χ3v) is 4.18. The lowest BCUT2D eigenvalue weighted by molar-refractivity contribution is 0.229. The fourth-order valence-electron chi connectivity index (χ4n) is 2.49. The Labute approximate surface area is 115 Å². The average Bonchev–Trinajstić information content (AvgIpc) is 2.40. The number of hydrogen-bond acceptors (Lipinski definition) is 2. The van der Waals surface area contributed by atoms with Crippen molar-refractivity contribution in [3.05, 3.63) is 34.3 Å². The Bertz CT molecular complexity index is 373. The number of aryl methyl sites for hydroxylation is 1. The molecule has 3 heteroatoms. The van der Waals surface area contributed by atoms with E-state index in [1.807, 2.05) is 0 Å². The van der Waals surface area contributed by atoms with Gasteiger partial charge in [0.25, 0.3) is 0 Å². The summed E-state index contributed by atoms with van der Waals surface area (Å²) in [4.78, 5) is 2.55. The van der Waals surface area contributed by atoms with Crippen molar-refractivity contribution in [3.8, 4) is 0 Å². The first-order chi connectivity index (χ1) is 8.77. The van der Waals surface area contributed by atoms with E-state index in [2.05, 4.69) is 35.3 Å². The predicted octanol–water partition coefficient (Wildman–Crippen LogP) is 3.22. The summed E-state index contributed by atoms with van der Waals surface area (Å²) in [7, 11) is 0. The van der Waals surface area contributed by atoms with E-state index in [1.165, 1.54) is 37.9 Å². The molecule has 0 bridgehead atoms. The Morgan fingerprint density at radius 3 is 2.78 bits per heavy atom. The first-order valence-corrected chi connectivity index (χ1v) is 7.32. The molecule has 1 fully saturated rings. The van der Waals surface area contributed by atoms with Gasteiger partial charge in [-0.25, -0.2) is 0 Å². The van der Waals surface area contributed by atoms with E-state index < -0.39 is 0 Å². The van der Waals surface area contributed by atoms with Gasteiger partial charge in [0.15, 0.2) is 0 Å². The Kier molecular flexibility index (Phi) is 5.48. The number of rotatable bonds is 5. The zero-order valence-electron chi connectivity index (χ0n) is 11.2. The maximum atomic E-state index is 6.27. The second kappa shape index (κ2) is 7.13. The summed E-state index contributed by atoms with van der Waals surface area (Å²) in [5, 5.41) is 4.40. The highest BCUT2D eigenvalue weighted by Crippen LogP contribution is 2.19. The molecule has 1 heterocycles. The van der Waals surface area contributed by atoms with Gasteiger partial charge in [-0.1, -0.05) is 36.2 Å². The molecule has 1 aromatic rings. The van der Waals surface area contributed by atoms with Crippen LogP contribution in [-0.2, 0) is 6.54 Å². The van der Waals surface area contributed by atoms with Crippen molar-refractivity contribution in [1.82, 2.24) is 10.2 Å². The van der Waals surface area contributed by atoms with Crippen LogP contribution in [0.2, 0.25) is 5.02 Å². The molecule has 0 aliphatic carbocycles. The summed E-state index contributed by atoms with van der Waals surface area (Å²) >= 11 is 6.27. The maximum Gasteiger partial charge on any atom is 0.0480 e. The topological polar surface area (TPSA) is 15.3 Å². The van der Waals surface area contributed by atoms with Crippen LogP contribution in [0.1, 0.15) is 30.4 Å². The zero-order chi connectivity index (χ0) is 12.8. The molecule has 100 valence electrons. The van der Waals surface area contributed by atoms with Crippen LogP contribution >= 0.6 is 11.6 Å². The average molecular weight is 267 g/mol. The zero-order valence-corrected chi connectivity index (χ0v) is 12.0. The van der Waals surface area contributed by atoms with Crippen molar-refractivity contribution in [2.45, 2.75) is 32.7 Å². The largest absolute Gasteiger partial charge is 0.311 e. The van der Waals surface area contributed by atoms with Gasteiger partial charge in [0.05, 0.1) is 0 Å². The van der Waals surface area contributed by atoms with Gasteiger partial charge >= 0.3 is 0 Å². The van der Waals surface area contributed by atoms with Gasteiger partial charge in [-0.15, -0.1) is 0 Å². The van der Waals surface area contributed by atoms with Crippen LogP contribution in [0.4, 0.5) is 0 Å². The van der Waals surface area contributed by atoms with Gasteiger partial charge in [0.2, 0.25) is 0 Å². The van der Waals surface area contributed by atoms with E-state index in [0.717, 1.165) is 30.2 Å². The van der Waals surface area contributed by atoms with Gasteiger partial charge in [0, 0.05) is 24.7 Å². The number of nitrogens with one attached hydrogen (secondary N) is 1. The summed E-state index contributed by atoms with van der Waals surface area (Å²) in [6.07, 6.45) is 4.14. The molecule has 0 aromatic heterocycles. The van der Waals surface area contributed by atoms with Gasteiger partial charge in [0.1, 0.15) is 0 Å². The molecule has 1 aliphatic heterocycles. The maximum absolute atomic E-state index is 6.27. The smallest absolute Gasteiger partial charge is 0.0480 e. The summed E-state index contributed by atoms with van der Waals surface area (Å²) in [5.74, 6) is 0. The Morgan fingerprint density at radius 2 is 2.00 bits per heavy atom. The SMILES string of the molecule is Cc1cccc(CNCCN2CCCCC2)c1Cl. The third-order valence-electron chi connectivity index (χ3n) is 3.64. The molecule has 0 saturated carbocycles. The molecular formula is C15H23ClN2. The molecular weight excluding hydrogens is 244 g/mol. The van der Waals surface area contributed by atoms with Crippen molar-refractivity contribution >= 4 is 11.6 Å². The van der Waals surface area contributed by atoms with E-state index in [0.29, 0.717) is 0 Å². The van der Waals surface area contributed by atoms with Gasteiger partial charge in [-0.05, 0) is 44.0 Å². The van der Waals surface area contributed by atoms with Crippen molar-refractivity contribution in [3.63, 3.8) is 0 Å². The fraction of sp³-hybridized carbons (Fsp3) is 0.600. The number of halogens is 1. The van der Waals surface area contributed by atoms with Gasteiger partial charge in [-0.2, -0.15) is 0 Å². The van der Waals surface area contributed by atoms with E-state index in [9.17, 15) is 0 Å². The molecule has 1 aromatic carbocycles. The van der Waals surface area contributed by atoms with Crippen LogP contribution in [-0.4, -0.2) is 31.1 Å². The highest BCUT2D eigenvalue weighted by molar-refractivity contribution is 6.32. The highest BCUT2D eigenvalue weighted by atomic mass is 35.5. The third kappa shape index (κ3) is 3.98. The quantitative estimate of drug-likeness (QED) is 0.824. The minimum atomic E-state index is 0.869. The molecule has 0 radical (unpaired) electrons. The van der Waals surface area contributed by atoms with Crippen molar-refractivity contribution in [2.75, 3.05) is 26.2 Å². The predicted molar refractivity (Wildman–Crippen MR) is 78.2 cm³/mol. The monoisotopic (exact) mass is 266 g/mol. The van der Waals surface area contributed by atoms with Crippen LogP contribution in [0.5, 0.6) is 0 Å².